The lowest BCUT2D eigenvalue weighted by Crippen LogP contribution is -2.26. The molecule has 0 aliphatic carbocycles. The SMILES string of the molecule is Cc1ccc(C(=O)N(C)Cc2ncn[nH]2)o1. The topological polar surface area (TPSA) is 75.0 Å². The first-order valence-electron chi connectivity index (χ1n) is 4.83. The maximum Gasteiger partial charge on any atom is 0.289 e. The summed E-state index contributed by atoms with van der Waals surface area (Å²) < 4.78 is 5.25. The highest BCUT2D eigenvalue weighted by molar-refractivity contribution is 5.91. The molecular formula is C10H12N4O2. The number of aromatic nitrogens is 3. The number of hydrogen-bond donors (Lipinski definition) is 1. The van der Waals surface area contributed by atoms with E-state index in [0.29, 0.717) is 18.1 Å². The first kappa shape index (κ1) is 10.4. The molecule has 0 saturated carbocycles. The highest BCUT2D eigenvalue weighted by atomic mass is 16.3. The Kier molecular flexibility index (Phi) is 2.72. The number of furan rings is 1. The van der Waals surface area contributed by atoms with Crippen molar-refractivity contribution in [3.05, 3.63) is 35.8 Å². The minimum atomic E-state index is -0.176. The normalized spacial score (nSPS) is 10.4. The number of amides is 1. The molecule has 0 aromatic carbocycles. The first-order chi connectivity index (χ1) is 7.66. The van der Waals surface area contributed by atoms with Crippen molar-refractivity contribution in [1.29, 1.82) is 0 Å². The van der Waals surface area contributed by atoms with Gasteiger partial charge in [-0.15, -0.1) is 0 Å². The minimum absolute atomic E-state index is 0.176. The summed E-state index contributed by atoms with van der Waals surface area (Å²) in [6, 6.07) is 3.42. The Morgan fingerprint density at radius 3 is 2.94 bits per heavy atom. The van der Waals surface area contributed by atoms with Crippen LogP contribution in [0, 0.1) is 6.92 Å². The molecule has 0 saturated heterocycles. The number of carbonyl (C=O) groups is 1. The minimum Gasteiger partial charge on any atom is -0.456 e. The van der Waals surface area contributed by atoms with Gasteiger partial charge in [0.2, 0.25) is 0 Å². The molecule has 0 radical (unpaired) electrons. The van der Waals surface area contributed by atoms with E-state index in [1.165, 1.54) is 11.2 Å². The van der Waals surface area contributed by atoms with Gasteiger partial charge in [-0.25, -0.2) is 4.98 Å². The second-order valence-corrected chi connectivity index (χ2v) is 3.50. The van der Waals surface area contributed by atoms with Crippen LogP contribution >= 0.6 is 0 Å². The monoisotopic (exact) mass is 220 g/mol. The lowest BCUT2D eigenvalue weighted by Gasteiger charge is -2.13. The Balaban J connectivity index is 2.05. The fourth-order valence-corrected chi connectivity index (χ4v) is 1.34. The molecule has 0 unspecified atom stereocenters. The molecule has 6 nitrogen and oxygen atoms in total. The summed E-state index contributed by atoms with van der Waals surface area (Å²) >= 11 is 0. The molecule has 2 rings (SSSR count). The summed E-state index contributed by atoms with van der Waals surface area (Å²) in [5.41, 5.74) is 0. The molecule has 2 aromatic rings. The van der Waals surface area contributed by atoms with Gasteiger partial charge in [-0.1, -0.05) is 0 Å². The van der Waals surface area contributed by atoms with Crippen molar-refractivity contribution in [3.8, 4) is 0 Å². The highest BCUT2D eigenvalue weighted by Crippen LogP contribution is 2.09. The van der Waals surface area contributed by atoms with Crippen LogP contribution in [0.25, 0.3) is 0 Å². The maximum absolute atomic E-state index is 11.9. The number of nitrogens with zero attached hydrogens (tertiary/aromatic N) is 3. The van der Waals surface area contributed by atoms with Crippen LogP contribution in [0.2, 0.25) is 0 Å². The first-order valence-corrected chi connectivity index (χ1v) is 4.83. The van der Waals surface area contributed by atoms with Gasteiger partial charge in [0.1, 0.15) is 17.9 Å². The van der Waals surface area contributed by atoms with Gasteiger partial charge < -0.3 is 9.32 Å². The van der Waals surface area contributed by atoms with Gasteiger partial charge in [0.15, 0.2) is 5.76 Å². The molecule has 1 amide bonds. The fraction of sp³-hybridized carbons (Fsp3) is 0.300. The van der Waals surface area contributed by atoms with Crippen LogP contribution in [0.15, 0.2) is 22.9 Å². The molecule has 0 spiro atoms. The molecule has 2 aromatic heterocycles. The zero-order valence-electron chi connectivity index (χ0n) is 9.10. The predicted molar refractivity (Wildman–Crippen MR) is 55.6 cm³/mol. The van der Waals surface area contributed by atoms with E-state index in [2.05, 4.69) is 15.2 Å². The largest absolute Gasteiger partial charge is 0.456 e. The molecule has 16 heavy (non-hydrogen) atoms. The summed E-state index contributed by atoms with van der Waals surface area (Å²) in [5.74, 6) is 1.51. The lowest BCUT2D eigenvalue weighted by molar-refractivity contribution is 0.0748. The molecule has 0 aliphatic rings. The molecule has 0 aliphatic heterocycles. The van der Waals surface area contributed by atoms with E-state index in [4.69, 9.17) is 4.42 Å². The Morgan fingerprint density at radius 2 is 2.38 bits per heavy atom. The van der Waals surface area contributed by atoms with Crippen LogP contribution in [-0.4, -0.2) is 33.0 Å². The number of nitrogens with one attached hydrogen (secondary N) is 1. The Labute approximate surface area is 92.3 Å². The van der Waals surface area contributed by atoms with Gasteiger partial charge in [0.05, 0.1) is 6.54 Å². The summed E-state index contributed by atoms with van der Waals surface area (Å²) in [5, 5.41) is 6.41. The summed E-state index contributed by atoms with van der Waals surface area (Å²) in [4.78, 5) is 17.3. The molecule has 6 heteroatoms. The van der Waals surface area contributed by atoms with Gasteiger partial charge in [0, 0.05) is 7.05 Å². The number of aromatic amines is 1. The standard InChI is InChI=1S/C10H12N4O2/c1-7-3-4-8(16-7)10(15)14(2)5-9-11-6-12-13-9/h3-4,6H,5H2,1-2H3,(H,11,12,13). The van der Waals surface area contributed by atoms with Crippen molar-refractivity contribution < 1.29 is 9.21 Å². The van der Waals surface area contributed by atoms with Crippen LogP contribution < -0.4 is 0 Å². The summed E-state index contributed by atoms with van der Waals surface area (Å²) in [7, 11) is 1.68. The van der Waals surface area contributed by atoms with Crippen LogP contribution in [0.3, 0.4) is 0 Å². The van der Waals surface area contributed by atoms with Crippen molar-refractivity contribution >= 4 is 5.91 Å². The van der Waals surface area contributed by atoms with Gasteiger partial charge >= 0.3 is 0 Å². The Bertz CT molecular complexity index is 475. The van der Waals surface area contributed by atoms with Crippen LogP contribution in [0.1, 0.15) is 22.1 Å². The van der Waals surface area contributed by atoms with Crippen molar-refractivity contribution in [2.24, 2.45) is 0 Å². The second-order valence-electron chi connectivity index (χ2n) is 3.50. The Hall–Kier alpha value is -2.11. The van der Waals surface area contributed by atoms with E-state index in [1.54, 1.807) is 26.1 Å². The molecule has 84 valence electrons. The maximum atomic E-state index is 11.9. The highest BCUT2D eigenvalue weighted by Gasteiger charge is 2.16. The lowest BCUT2D eigenvalue weighted by atomic mass is 10.4. The number of aryl methyl sites for hydroxylation is 1. The van der Waals surface area contributed by atoms with Gasteiger partial charge in [0.25, 0.3) is 5.91 Å². The third-order valence-corrected chi connectivity index (χ3v) is 2.15. The predicted octanol–water partition coefficient (Wildman–Crippen LogP) is 0.978. The number of carbonyl (C=O) groups excluding carboxylic acids is 1. The van der Waals surface area contributed by atoms with Gasteiger partial charge in [-0.2, -0.15) is 5.10 Å². The van der Waals surface area contributed by atoms with E-state index in [1.807, 2.05) is 0 Å². The molecule has 1 N–H and O–H groups in total. The van der Waals surface area contributed by atoms with E-state index in [-0.39, 0.29) is 5.91 Å². The second kappa shape index (κ2) is 4.18. The van der Waals surface area contributed by atoms with Crippen LogP contribution in [0.5, 0.6) is 0 Å². The van der Waals surface area contributed by atoms with Crippen molar-refractivity contribution in [1.82, 2.24) is 20.1 Å². The van der Waals surface area contributed by atoms with Crippen LogP contribution in [0.4, 0.5) is 0 Å². The van der Waals surface area contributed by atoms with E-state index >= 15 is 0 Å². The molecule has 0 bridgehead atoms. The summed E-state index contributed by atoms with van der Waals surface area (Å²) in [6.45, 7) is 2.17. The molecule has 2 heterocycles. The number of rotatable bonds is 3. The average molecular weight is 220 g/mol. The Morgan fingerprint density at radius 1 is 1.56 bits per heavy atom. The number of H-pyrrole nitrogens is 1. The van der Waals surface area contributed by atoms with E-state index < -0.39 is 0 Å². The van der Waals surface area contributed by atoms with Crippen molar-refractivity contribution in [2.75, 3.05) is 7.05 Å². The number of hydrogen-bond acceptors (Lipinski definition) is 4. The van der Waals surface area contributed by atoms with Crippen molar-refractivity contribution in [3.63, 3.8) is 0 Å². The zero-order chi connectivity index (χ0) is 11.5. The van der Waals surface area contributed by atoms with Crippen molar-refractivity contribution in [2.45, 2.75) is 13.5 Å². The molecule has 0 fully saturated rings. The van der Waals surface area contributed by atoms with Gasteiger partial charge in [-0.3, -0.25) is 9.89 Å². The van der Waals surface area contributed by atoms with Gasteiger partial charge in [-0.05, 0) is 19.1 Å². The third-order valence-electron chi connectivity index (χ3n) is 2.15. The van der Waals surface area contributed by atoms with E-state index in [0.717, 1.165) is 5.76 Å². The molecule has 0 atom stereocenters. The quantitative estimate of drug-likeness (QED) is 0.836. The fourth-order valence-electron chi connectivity index (χ4n) is 1.34. The van der Waals surface area contributed by atoms with E-state index in [9.17, 15) is 4.79 Å². The smallest absolute Gasteiger partial charge is 0.289 e. The van der Waals surface area contributed by atoms with Crippen LogP contribution in [-0.2, 0) is 6.54 Å². The molecular weight excluding hydrogens is 208 g/mol. The third kappa shape index (κ3) is 2.10. The zero-order valence-corrected chi connectivity index (χ0v) is 9.10. The average Bonchev–Trinajstić information content (AvgIpc) is 2.88. The summed E-state index contributed by atoms with van der Waals surface area (Å²) in [6.07, 6.45) is 1.41.